The smallest absolute Gasteiger partial charge is 0.279 e. The average Bonchev–Trinajstić information content (AvgIpc) is 2.80. The summed E-state index contributed by atoms with van der Waals surface area (Å²) in [5.74, 6) is 0.331. The predicted octanol–water partition coefficient (Wildman–Crippen LogP) is 3.36. The number of hydrogen-bond donors (Lipinski definition) is 1. The first kappa shape index (κ1) is 23.5. The van der Waals surface area contributed by atoms with Crippen LogP contribution in [0.15, 0.2) is 48.9 Å². The summed E-state index contributed by atoms with van der Waals surface area (Å²) in [5, 5.41) is 0.434. The fraction of sp³-hybridized carbons (Fsp3) is 0.318. The Balaban J connectivity index is 1.63. The second kappa shape index (κ2) is 9.68. The van der Waals surface area contributed by atoms with Gasteiger partial charge in [0.25, 0.3) is 10.2 Å². The lowest BCUT2D eigenvalue weighted by atomic mass is 10.0. The van der Waals surface area contributed by atoms with Crippen LogP contribution in [0.5, 0.6) is 0 Å². The number of anilines is 1. The molecule has 1 aromatic carbocycles. The maximum Gasteiger partial charge on any atom is 0.279 e. The molecule has 4 rings (SSSR count). The zero-order valence-electron chi connectivity index (χ0n) is 18.2. The molecule has 174 valence electrons. The van der Waals surface area contributed by atoms with Gasteiger partial charge in [-0.1, -0.05) is 11.6 Å². The van der Waals surface area contributed by atoms with Crippen LogP contribution in [0.1, 0.15) is 12.8 Å². The van der Waals surface area contributed by atoms with Crippen LogP contribution in [-0.2, 0) is 10.2 Å². The summed E-state index contributed by atoms with van der Waals surface area (Å²) in [4.78, 5) is 15.6. The van der Waals surface area contributed by atoms with Gasteiger partial charge in [0.05, 0.1) is 16.9 Å². The van der Waals surface area contributed by atoms with Crippen LogP contribution < -0.4 is 9.62 Å². The fourth-order valence-electron chi connectivity index (χ4n) is 3.65. The molecule has 3 aromatic rings. The fourth-order valence-corrected chi connectivity index (χ4v) is 4.73. The molecule has 0 spiro atoms. The molecule has 1 aliphatic heterocycles. The highest BCUT2D eigenvalue weighted by Gasteiger charge is 2.26. The number of nitrogens with zero attached hydrogens (tertiary/aromatic N) is 5. The maximum absolute atomic E-state index is 13.5. The third kappa shape index (κ3) is 5.30. The summed E-state index contributed by atoms with van der Waals surface area (Å²) < 4.78 is 41.6. The first-order valence-electron chi connectivity index (χ1n) is 10.4. The van der Waals surface area contributed by atoms with E-state index in [4.69, 9.17) is 16.6 Å². The van der Waals surface area contributed by atoms with Gasteiger partial charge >= 0.3 is 0 Å². The van der Waals surface area contributed by atoms with Gasteiger partial charge in [-0.15, -0.1) is 0 Å². The van der Waals surface area contributed by atoms with Crippen molar-refractivity contribution in [2.45, 2.75) is 18.9 Å². The molecular formula is C22H24ClFN6O2S. The minimum absolute atomic E-state index is 0.144. The summed E-state index contributed by atoms with van der Waals surface area (Å²) >= 11 is 6.41. The van der Waals surface area contributed by atoms with E-state index in [2.05, 4.69) is 19.6 Å². The van der Waals surface area contributed by atoms with E-state index in [0.29, 0.717) is 53.7 Å². The molecule has 0 saturated carbocycles. The van der Waals surface area contributed by atoms with E-state index in [1.54, 1.807) is 36.8 Å². The summed E-state index contributed by atoms with van der Waals surface area (Å²) in [7, 11) is -0.474. The second-order valence-corrected chi connectivity index (χ2v) is 10.3. The monoisotopic (exact) mass is 490 g/mol. The number of halogens is 2. The van der Waals surface area contributed by atoms with Crippen molar-refractivity contribution in [3.05, 3.63) is 59.8 Å². The van der Waals surface area contributed by atoms with Gasteiger partial charge in [-0.25, -0.2) is 9.37 Å². The average molecular weight is 491 g/mol. The van der Waals surface area contributed by atoms with E-state index in [0.717, 1.165) is 5.56 Å². The van der Waals surface area contributed by atoms with Gasteiger partial charge in [-0.05, 0) is 43.2 Å². The van der Waals surface area contributed by atoms with Crippen molar-refractivity contribution in [2.24, 2.45) is 0 Å². The number of nitrogens with one attached hydrogen (secondary N) is 1. The molecule has 1 fully saturated rings. The van der Waals surface area contributed by atoms with Gasteiger partial charge < -0.3 is 4.90 Å². The largest absolute Gasteiger partial charge is 0.355 e. The summed E-state index contributed by atoms with van der Waals surface area (Å²) in [5.41, 5.74) is 2.55. The normalized spacial score (nSPS) is 15.2. The quantitative estimate of drug-likeness (QED) is 0.569. The predicted molar refractivity (Wildman–Crippen MR) is 127 cm³/mol. The molecule has 1 aliphatic rings. The number of benzene rings is 1. The Hall–Kier alpha value is -2.66. The maximum atomic E-state index is 13.5. The second-order valence-electron chi connectivity index (χ2n) is 7.95. The third-order valence-electron chi connectivity index (χ3n) is 5.52. The zero-order valence-corrected chi connectivity index (χ0v) is 19.8. The molecule has 0 bridgehead atoms. The van der Waals surface area contributed by atoms with Crippen molar-refractivity contribution >= 4 is 27.6 Å². The number of pyridine rings is 1. The molecule has 3 heterocycles. The van der Waals surface area contributed by atoms with E-state index in [1.165, 1.54) is 30.5 Å². The highest BCUT2D eigenvalue weighted by Crippen LogP contribution is 2.34. The molecule has 0 radical (unpaired) electrons. The van der Waals surface area contributed by atoms with Gasteiger partial charge in [-0.2, -0.15) is 17.4 Å². The molecule has 0 amide bonds. The molecule has 33 heavy (non-hydrogen) atoms. The molecule has 0 aliphatic carbocycles. The highest BCUT2D eigenvalue weighted by atomic mass is 35.5. The van der Waals surface area contributed by atoms with Crippen molar-refractivity contribution in [3.63, 3.8) is 0 Å². The van der Waals surface area contributed by atoms with Crippen molar-refractivity contribution < 1.29 is 12.8 Å². The van der Waals surface area contributed by atoms with Gasteiger partial charge in [0.1, 0.15) is 17.3 Å². The van der Waals surface area contributed by atoms with Crippen LogP contribution in [0, 0.1) is 5.82 Å². The van der Waals surface area contributed by atoms with Crippen molar-refractivity contribution in [1.82, 2.24) is 24.0 Å². The SMILES string of the molecule is CN(C)S(=O)(=O)NC1CCN(c2cnc(-c3ccc(F)cc3)c(-c3ccncc3Cl)n2)CC1. The molecule has 0 unspecified atom stereocenters. The summed E-state index contributed by atoms with van der Waals surface area (Å²) in [6.07, 6.45) is 6.13. The van der Waals surface area contributed by atoms with E-state index in [9.17, 15) is 12.8 Å². The number of piperidine rings is 1. The van der Waals surface area contributed by atoms with Crippen molar-refractivity contribution in [3.8, 4) is 22.5 Å². The van der Waals surface area contributed by atoms with Crippen LogP contribution >= 0.6 is 11.6 Å². The zero-order chi connectivity index (χ0) is 23.6. The van der Waals surface area contributed by atoms with E-state index >= 15 is 0 Å². The number of aromatic nitrogens is 3. The Kier molecular flexibility index (Phi) is 6.89. The number of rotatable bonds is 6. The first-order chi connectivity index (χ1) is 15.7. The molecule has 1 saturated heterocycles. The minimum Gasteiger partial charge on any atom is -0.355 e. The van der Waals surface area contributed by atoms with Gasteiger partial charge in [-0.3, -0.25) is 9.97 Å². The lowest BCUT2D eigenvalue weighted by molar-refractivity contribution is 0.436. The lowest BCUT2D eigenvalue weighted by Crippen LogP contribution is -2.48. The Bertz CT molecular complexity index is 1230. The lowest BCUT2D eigenvalue weighted by Gasteiger charge is -2.33. The summed E-state index contributed by atoms with van der Waals surface area (Å²) in [6, 6.07) is 7.69. The molecule has 2 aromatic heterocycles. The summed E-state index contributed by atoms with van der Waals surface area (Å²) in [6.45, 7) is 1.24. The molecular weight excluding hydrogens is 467 g/mol. The van der Waals surface area contributed by atoms with Crippen LogP contribution in [0.25, 0.3) is 22.5 Å². The Morgan fingerprint density at radius 1 is 1.09 bits per heavy atom. The minimum atomic E-state index is -3.48. The van der Waals surface area contributed by atoms with E-state index in [-0.39, 0.29) is 11.9 Å². The molecule has 11 heteroatoms. The molecule has 1 N–H and O–H groups in total. The van der Waals surface area contributed by atoms with E-state index < -0.39 is 10.2 Å². The molecule has 8 nitrogen and oxygen atoms in total. The van der Waals surface area contributed by atoms with Crippen molar-refractivity contribution in [2.75, 3.05) is 32.1 Å². The topological polar surface area (TPSA) is 91.3 Å². The standard InChI is InChI=1S/C22H24ClFN6O2S/c1-29(2)33(31,32)28-17-8-11-30(12-9-17)20-14-26-21(15-3-5-16(24)6-4-15)22(27-20)18-7-10-25-13-19(18)23/h3-7,10,13-14,17,28H,8-9,11-12H2,1-2H3. The van der Waals surface area contributed by atoms with Crippen LogP contribution in [-0.4, -0.2) is 60.9 Å². The van der Waals surface area contributed by atoms with Crippen LogP contribution in [0.2, 0.25) is 5.02 Å². The third-order valence-corrected chi connectivity index (χ3v) is 7.41. The Morgan fingerprint density at radius 2 is 1.79 bits per heavy atom. The van der Waals surface area contributed by atoms with Crippen molar-refractivity contribution in [1.29, 1.82) is 0 Å². The van der Waals surface area contributed by atoms with Crippen LogP contribution in [0.3, 0.4) is 0 Å². The van der Waals surface area contributed by atoms with E-state index in [1.807, 2.05) is 0 Å². The number of hydrogen-bond acceptors (Lipinski definition) is 6. The highest BCUT2D eigenvalue weighted by molar-refractivity contribution is 7.87. The van der Waals surface area contributed by atoms with Gasteiger partial charge in [0, 0.05) is 56.7 Å². The first-order valence-corrected chi connectivity index (χ1v) is 12.2. The van der Waals surface area contributed by atoms with Crippen LogP contribution in [0.4, 0.5) is 10.2 Å². The van der Waals surface area contributed by atoms with Gasteiger partial charge in [0.15, 0.2) is 0 Å². The Morgan fingerprint density at radius 3 is 2.42 bits per heavy atom. The molecule has 0 atom stereocenters. The van der Waals surface area contributed by atoms with Gasteiger partial charge in [0.2, 0.25) is 0 Å². The Labute approximate surface area is 197 Å².